The molecule has 0 bridgehead atoms. The Bertz CT molecular complexity index is 745. The Balaban J connectivity index is 1.63. The summed E-state index contributed by atoms with van der Waals surface area (Å²) in [6.07, 6.45) is 2.01. The lowest BCUT2D eigenvalue weighted by molar-refractivity contribution is -0.132. The molecule has 0 spiro atoms. The van der Waals surface area contributed by atoms with Crippen LogP contribution in [-0.2, 0) is 16.0 Å². The van der Waals surface area contributed by atoms with Crippen LogP contribution in [0.25, 0.3) is 10.9 Å². The highest BCUT2D eigenvalue weighted by Crippen LogP contribution is 2.23. The molecule has 0 saturated carbocycles. The molecule has 2 aromatic rings. The minimum Gasteiger partial charge on any atom is -0.450 e. The third-order valence-corrected chi connectivity index (χ3v) is 4.50. The third kappa shape index (κ3) is 3.22. The lowest BCUT2D eigenvalue weighted by Gasteiger charge is -2.34. The average Bonchev–Trinajstić information content (AvgIpc) is 2.99. The fraction of sp³-hybridized carbons (Fsp3) is 0.444. The van der Waals surface area contributed by atoms with E-state index >= 15 is 0 Å². The molecule has 0 unspecified atom stereocenters. The average molecular weight is 329 g/mol. The molecule has 6 nitrogen and oxygen atoms in total. The zero-order valence-corrected chi connectivity index (χ0v) is 14.2. The van der Waals surface area contributed by atoms with Crippen LogP contribution in [0, 0.1) is 6.92 Å². The van der Waals surface area contributed by atoms with Crippen LogP contribution >= 0.6 is 0 Å². The van der Waals surface area contributed by atoms with Gasteiger partial charge < -0.3 is 19.5 Å². The Morgan fingerprint density at radius 3 is 2.58 bits per heavy atom. The Hall–Kier alpha value is -2.50. The summed E-state index contributed by atoms with van der Waals surface area (Å²) in [6.45, 7) is 6.38. The number of ether oxygens (including phenoxy) is 1. The van der Waals surface area contributed by atoms with Crippen LogP contribution in [0.3, 0.4) is 0 Å². The first-order chi connectivity index (χ1) is 11.6. The second-order valence-electron chi connectivity index (χ2n) is 6.05. The van der Waals surface area contributed by atoms with E-state index in [4.69, 9.17) is 4.74 Å². The minimum absolute atomic E-state index is 0.0997. The van der Waals surface area contributed by atoms with Gasteiger partial charge in [-0.05, 0) is 31.0 Å². The van der Waals surface area contributed by atoms with E-state index in [0.717, 1.165) is 16.5 Å². The van der Waals surface area contributed by atoms with E-state index in [1.54, 1.807) is 11.8 Å². The van der Waals surface area contributed by atoms with E-state index in [-0.39, 0.29) is 12.0 Å². The van der Waals surface area contributed by atoms with Crippen LogP contribution in [0.2, 0.25) is 0 Å². The molecular formula is C18H23N3O3. The number of amides is 2. The first-order valence-corrected chi connectivity index (χ1v) is 8.35. The molecule has 0 atom stereocenters. The van der Waals surface area contributed by atoms with Gasteiger partial charge in [0.15, 0.2) is 0 Å². The number of hydrogen-bond acceptors (Lipinski definition) is 3. The summed E-state index contributed by atoms with van der Waals surface area (Å²) in [5.41, 5.74) is 3.26. The van der Waals surface area contributed by atoms with Crippen LogP contribution in [0.5, 0.6) is 0 Å². The number of aromatic nitrogens is 1. The molecule has 2 amide bonds. The molecule has 1 aliphatic rings. The zero-order chi connectivity index (χ0) is 17.1. The molecule has 1 aliphatic heterocycles. The number of rotatable bonds is 3. The maximum Gasteiger partial charge on any atom is 0.409 e. The van der Waals surface area contributed by atoms with Crippen molar-refractivity contribution in [2.75, 3.05) is 32.8 Å². The third-order valence-electron chi connectivity index (χ3n) is 4.50. The molecule has 0 aliphatic carbocycles. The zero-order valence-electron chi connectivity index (χ0n) is 14.2. The van der Waals surface area contributed by atoms with E-state index in [1.165, 1.54) is 5.56 Å². The maximum atomic E-state index is 12.6. The Morgan fingerprint density at radius 2 is 1.88 bits per heavy atom. The highest BCUT2D eigenvalue weighted by molar-refractivity contribution is 5.91. The molecule has 2 heterocycles. The fourth-order valence-electron chi connectivity index (χ4n) is 3.22. The Labute approximate surface area is 141 Å². The number of aryl methyl sites for hydroxylation is 1. The van der Waals surface area contributed by atoms with Gasteiger partial charge in [0.05, 0.1) is 13.0 Å². The predicted molar refractivity (Wildman–Crippen MR) is 91.9 cm³/mol. The molecule has 1 aromatic heterocycles. The van der Waals surface area contributed by atoms with Crippen molar-refractivity contribution in [3.05, 3.63) is 35.5 Å². The molecule has 24 heavy (non-hydrogen) atoms. The molecule has 1 saturated heterocycles. The van der Waals surface area contributed by atoms with E-state index in [9.17, 15) is 9.59 Å². The van der Waals surface area contributed by atoms with E-state index in [0.29, 0.717) is 39.2 Å². The van der Waals surface area contributed by atoms with Crippen LogP contribution in [0.4, 0.5) is 4.79 Å². The number of piperazine rings is 1. The van der Waals surface area contributed by atoms with Gasteiger partial charge in [0, 0.05) is 43.3 Å². The first kappa shape index (κ1) is 16.4. The summed E-state index contributed by atoms with van der Waals surface area (Å²) in [5.74, 6) is 0.0997. The van der Waals surface area contributed by atoms with Gasteiger partial charge in [0.1, 0.15) is 0 Å². The number of nitrogens with one attached hydrogen (secondary N) is 1. The van der Waals surface area contributed by atoms with Crippen molar-refractivity contribution in [2.45, 2.75) is 20.3 Å². The summed E-state index contributed by atoms with van der Waals surface area (Å²) in [6, 6.07) is 6.09. The van der Waals surface area contributed by atoms with Crippen molar-refractivity contribution in [1.29, 1.82) is 0 Å². The van der Waals surface area contributed by atoms with Gasteiger partial charge >= 0.3 is 6.09 Å². The molecule has 1 fully saturated rings. The van der Waals surface area contributed by atoms with E-state index in [1.807, 2.05) is 23.2 Å². The number of fused-ring (bicyclic) bond motifs is 1. The lowest BCUT2D eigenvalue weighted by atomic mass is 10.0. The predicted octanol–water partition coefficient (Wildman–Crippen LogP) is 2.32. The minimum atomic E-state index is -0.295. The van der Waals surface area contributed by atoms with Crippen molar-refractivity contribution in [2.24, 2.45) is 0 Å². The summed E-state index contributed by atoms with van der Waals surface area (Å²) >= 11 is 0. The standard InChI is InChI=1S/C18H23N3O3/c1-3-24-18(23)21-9-7-20(8-10-21)16(22)11-14-12-19-15-6-4-5-13(2)17(14)15/h4-6,12,19H,3,7-11H2,1-2H3. The number of H-pyrrole nitrogens is 1. The normalized spacial score (nSPS) is 14.9. The highest BCUT2D eigenvalue weighted by Gasteiger charge is 2.25. The van der Waals surface area contributed by atoms with Gasteiger partial charge in [0.25, 0.3) is 0 Å². The fourth-order valence-corrected chi connectivity index (χ4v) is 3.22. The summed E-state index contributed by atoms with van der Waals surface area (Å²) in [4.78, 5) is 31.0. The number of hydrogen-bond donors (Lipinski definition) is 1. The second-order valence-corrected chi connectivity index (χ2v) is 6.05. The summed E-state index contributed by atoms with van der Waals surface area (Å²) in [7, 11) is 0. The molecule has 6 heteroatoms. The number of carbonyl (C=O) groups excluding carboxylic acids is 2. The SMILES string of the molecule is CCOC(=O)N1CCN(C(=O)Cc2c[nH]c3cccc(C)c23)CC1. The van der Waals surface area contributed by atoms with Gasteiger partial charge in [-0.15, -0.1) is 0 Å². The molecule has 3 rings (SSSR count). The molecule has 1 N–H and O–H groups in total. The van der Waals surface area contributed by atoms with Gasteiger partial charge in [-0.2, -0.15) is 0 Å². The first-order valence-electron chi connectivity index (χ1n) is 8.35. The van der Waals surface area contributed by atoms with Crippen LogP contribution < -0.4 is 0 Å². The summed E-state index contributed by atoms with van der Waals surface area (Å²) in [5, 5.41) is 1.14. The van der Waals surface area contributed by atoms with Crippen molar-refractivity contribution < 1.29 is 14.3 Å². The van der Waals surface area contributed by atoms with Gasteiger partial charge in [-0.3, -0.25) is 4.79 Å². The topological polar surface area (TPSA) is 65.6 Å². The monoisotopic (exact) mass is 329 g/mol. The van der Waals surface area contributed by atoms with Crippen molar-refractivity contribution in [3.63, 3.8) is 0 Å². The maximum absolute atomic E-state index is 12.6. The van der Waals surface area contributed by atoms with E-state index in [2.05, 4.69) is 18.0 Å². The van der Waals surface area contributed by atoms with Crippen LogP contribution in [0.15, 0.2) is 24.4 Å². The quantitative estimate of drug-likeness (QED) is 0.940. The second kappa shape index (κ2) is 6.95. The van der Waals surface area contributed by atoms with Crippen LogP contribution in [0.1, 0.15) is 18.1 Å². The van der Waals surface area contributed by atoms with Gasteiger partial charge in [-0.25, -0.2) is 4.79 Å². The summed E-state index contributed by atoms with van der Waals surface area (Å²) < 4.78 is 5.00. The van der Waals surface area contributed by atoms with Gasteiger partial charge in [-0.1, -0.05) is 12.1 Å². The molecule has 1 aromatic carbocycles. The number of benzene rings is 1. The highest BCUT2D eigenvalue weighted by atomic mass is 16.6. The molecule has 128 valence electrons. The number of carbonyl (C=O) groups is 2. The van der Waals surface area contributed by atoms with Crippen LogP contribution in [-0.4, -0.2) is 59.6 Å². The Morgan fingerprint density at radius 1 is 1.17 bits per heavy atom. The number of nitrogens with zero attached hydrogens (tertiary/aromatic N) is 2. The largest absolute Gasteiger partial charge is 0.450 e. The lowest BCUT2D eigenvalue weighted by Crippen LogP contribution is -2.51. The number of aromatic amines is 1. The molecular weight excluding hydrogens is 306 g/mol. The Kier molecular flexibility index (Phi) is 4.74. The molecule has 0 radical (unpaired) electrons. The van der Waals surface area contributed by atoms with Crippen molar-refractivity contribution >= 4 is 22.9 Å². The van der Waals surface area contributed by atoms with E-state index < -0.39 is 0 Å². The smallest absolute Gasteiger partial charge is 0.409 e. The van der Waals surface area contributed by atoms with Crippen molar-refractivity contribution in [1.82, 2.24) is 14.8 Å². The van der Waals surface area contributed by atoms with Gasteiger partial charge in [0.2, 0.25) is 5.91 Å². The van der Waals surface area contributed by atoms with Crippen molar-refractivity contribution in [3.8, 4) is 0 Å².